The molecule has 8 aromatic carbocycles. The molecule has 3 nitrogen and oxygen atoms in total. The number of hydrogen-bond acceptors (Lipinski definition) is 4. The zero-order valence-electron chi connectivity index (χ0n) is 29.4. The lowest BCUT2D eigenvalue weighted by atomic mass is 9.97. The number of aromatic nitrogens is 3. The molecule has 0 unspecified atom stereocenters. The lowest BCUT2D eigenvalue weighted by molar-refractivity contribution is 1.02. The van der Waals surface area contributed by atoms with Crippen LogP contribution >= 0.6 is 22.7 Å². The third kappa shape index (κ3) is 4.61. The fourth-order valence-electron chi connectivity index (χ4n) is 8.53. The first-order valence-electron chi connectivity index (χ1n) is 18.5. The SMILES string of the molecule is c1ccc(-c2ccc3sc4c(c3c2)c2ccccc2c2c3ccc(-c5ccccc5)cc3n(-c3nc(-c5ccccc5)c5sc6ccccc6c5n3)c42)cc1. The van der Waals surface area contributed by atoms with Crippen molar-refractivity contribution in [3.05, 3.63) is 176 Å². The highest BCUT2D eigenvalue weighted by atomic mass is 32.1. The molecule has 5 heteroatoms. The van der Waals surface area contributed by atoms with Crippen LogP contribution in [0.2, 0.25) is 0 Å². The fourth-order valence-corrected chi connectivity index (χ4v) is 10.9. The summed E-state index contributed by atoms with van der Waals surface area (Å²) in [6.07, 6.45) is 0. The van der Waals surface area contributed by atoms with E-state index in [2.05, 4.69) is 180 Å². The standard InChI is InChI=1S/C50H29N3S2/c1-4-14-30(15-5-1)33-25-27-42-39(28-33)44-36-21-11-10-20-35(36)43-37-26-24-34(31-16-6-2-7-17-31)29-40(37)53(47(43)48(44)54-42)50-51-45(32-18-8-3-9-19-32)49-46(52-50)38-22-12-13-23-41(38)55-49/h1-29H. The van der Waals surface area contributed by atoms with Crippen LogP contribution in [0.3, 0.4) is 0 Å². The Balaban J connectivity index is 1.29. The first kappa shape index (κ1) is 30.8. The van der Waals surface area contributed by atoms with Crippen molar-refractivity contribution in [3.63, 3.8) is 0 Å². The summed E-state index contributed by atoms with van der Waals surface area (Å²) in [5.41, 5.74) is 10.0. The van der Waals surface area contributed by atoms with Gasteiger partial charge in [-0.15, -0.1) is 22.7 Å². The molecule has 0 fully saturated rings. The summed E-state index contributed by atoms with van der Waals surface area (Å²) in [5, 5.41) is 8.61. The summed E-state index contributed by atoms with van der Waals surface area (Å²) in [5.74, 6) is 0.680. The van der Waals surface area contributed by atoms with Gasteiger partial charge in [-0.05, 0) is 57.3 Å². The Hall–Kier alpha value is -6.66. The van der Waals surface area contributed by atoms with E-state index in [0.717, 1.165) is 43.5 Å². The Bertz CT molecular complexity index is 3470. The molecule has 55 heavy (non-hydrogen) atoms. The number of fused-ring (bicyclic) bond motifs is 13. The van der Waals surface area contributed by atoms with Gasteiger partial charge in [0.2, 0.25) is 5.95 Å². The third-order valence-electron chi connectivity index (χ3n) is 11.0. The minimum atomic E-state index is 0.680. The quantitative estimate of drug-likeness (QED) is 0.180. The van der Waals surface area contributed by atoms with E-state index in [0.29, 0.717) is 5.95 Å². The van der Waals surface area contributed by atoms with Crippen molar-refractivity contribution in [2.24, 2.45) is 0 Å². The predicted octanol–water partition coefficient (Wildman–Crippen LogP) is 14.5. The minimum absolute atomic E-state index is 0.680. The van der Waals surface area contributed by atoms with E-state index in [4.69, 9.17) is 9.97 Å². The molecule has 0 bridgehead atoms. The van der Waals surface area contributed by atoms with Crippen molar-refractivity contribution in [3.8, 4) is 39.5 Å². The lowest BCUT2D eigenvalue weighted by Gasteiger charge is -2.12. The van der Waals surface area contributed by atoms with Crippen LogP contribution in [0, 0.1) is 0 Å². The Morgan fingerprint density at radius 2 is 0.945 bits per heavy atom. The third-order valence-corrected chi connectivity index (χ3v) is 13.4. The molecule has 0 N–H and O–H groups in total. The van der Waals surface area contributed by atoms with Gasteiger partial charge in [0.1, 0.15) is 0 Å². The van der Waals surface area contributed by atoms with Crippen LogP contribution in [0.1, 0.15) is 0 Å². The first-order chi connectivity index (χ1) is 27.3. The van der Waals surface area contributed by atoms with Gasteiger partial charge in [0.25, 0.3) is 0 Å². The molecule has 4 heterocycles. The van der Waals surface area contributed by atoms with Gasteiger partial charge < -0.3 is 0 Å². The number of thiophene rings is 2. The maximum atomic E-state index is 5.57. The Morgan fingerprint density at radius 1 is 0.382 bits per heavy atom. The number of hydrogen-bond donors (Lipinski definition) is 0. The largest absolute Gasteiger partial charge is 0.276 e. The summed E-state index contributed by atoms with van der Waals surface area (Å²) < 4.78 is 7.19. The summed E-state index contributed by atoms with van der Waals surface area (Å²) in [6.45, 7) is 0. The van der Waals surface area contributed by atoms with E-state index in [-0.39, 0.29) is 0 Å². The van der Waals surface area contributed by atoms with Crippen molar-refractivity contribution in [1.29, 1.82) is 0 Å². The average Bonchev–Trinajstić information content (AvgIpc) is 3.94. The minimum Gasteiger partial charge on any atom is -0.276 e. The molecular formula is C50H29N3S2. The predicted molar refractivity (Wildman–Crippen MR) is 236 cm³/mol. The van der Waals surface area contributed by atoms with Crippen molar-refractivity contribution in [1.82, 2.24) is 14.5 Å². The molecule has 12 rings (SSSR count). The van der Waals surface area contributed by atoms with Crippen molar-refractivity contribution in [2.75, 3.05) is 0 Å². The second kappa shape index (κ2) is 11.9. The summed E-state index contributed by atoms with van der Waals surface area (Å²) in [4.78, 5) is 11.1. The van der Waals surface area contributed by atoms with Crippen LogP contribution in [0.4, 0.5) is 0 Å². The Morgan fingerprint density at radius 3 is 1.67 bits per heavy atom. The van der Waals surface area contributed by atoms with Crippen molar-refractivity contribution < 1.29 is 0 Å². The topological polar surface area (TPSA) is 30.7 Å². The Labute approximate surface area is 324 Å². The van der Waals surface area contributed by atoms with E-state index in [1.165, 1.54) is 63.1 Å². The molecule has 0 aliphatic heterocycles. The maximum absolute atomic E-state index is 5.57. The van der Waals surface area contributed by atoms with Gasteiger partial charge in [0, 0.05) is 41.9 Å². The zero-order chi connectivity index (χ0) is 36.0. The van der Waals surface area contributed by atoms with Crippen molar-refractivity contribution >= 4 is 95.7 Å². The molecule has 12 aromatic rings. The van der Waals surface area contributed by atoms with Gasteiger partial charge in [-0.25, -0.2) is 9.97 Å². The molecule has 0 amide bonds. The monoisotopic (exact) mass is 735 g/mol. The van der Waals surface area contributed by atoms with E-state index in [1.807, 2.05) is 11.3 Å². The molecule has 0 atom stereocenters. The summed E-state index contributed by atoms with van der Waals surface area (Å²) in [7, 11) is 0. The smallest absolute Gasteiger partial charge is 0.235 e. The van der Waals surface area contributed by atoms with Gasteiger partial charge in [-0.2, -0.15) is 0 Å². The normalized spacial score (nSPS) is 12.0. The summed E-state index contributed by atoms with van der Waals surface area (Å²) in [6, 6.07) is 63.4. The fraction of sp³-hybridized carbons (Fsp3) is 0. The molecule has 0 saturated heterocycles. The second-order valence-electron chi connectivity index (χ2n) is 14.1. The Kier molecular flexibility index (Phi) is 6.67. The molecule has 0 radical (unpaired) electrons. The van der Waals surface area contributed by atoms with Crippen LogP contribution in [-0.2, 0) is 0 Å². The highest BCUT2D eigenvalue weighted by Gasteiger charge is 2.25. The molecular weight excluding hydrogens is 707 g/mol. The second-order valence-corrected chi connectivity index (χ2v) is 16.2. The summed E-state index contributed by atoms with van der Waals surface area (Å²) >= 11 is 3.64. The molecule has 4 aromatic heterocycles. The van der Waals surface area contributed by atoms with E-state index in [1.54, 1.807) is 11.3 Å². The number of nitrogens with zero attached hydrogens (tertiary/aromatic N) is 3. The van der Waals surface area contributed by atoms with Gasteiger partial charge in [0.05, 0.1) is 31.6 Å². The van der Waals surface area contributed by atoms with Gasteiger partial charge in [-0.3, -0.25) is 4.57 Å². The lowest BCUT2D eigenvalue weighted by Crippen LogP contribution is -2.03. The highest BCUT2D eigenvalue weighted by Crippen LogP contribution is 2.49. The van der Waals surface area contributed by atoms with Crippen LogP contribution in [0.15, 0.2) is 176 Å². The zero-order valence-corrected chi connectivity index (χ0v) is 31.0. The van der Waals surface area contributed by atoms with Crippen LogP contribution in [0.25, 0.3) is 113 Å². The van der Waals surface area contributed by atoms with E-state index < -0.39 is 0 Å². The van der Waals surface area contributed by atoms with Gasteiger partial charge in [0.15, 0.2) is 0 Å². The van der Waals surface area contributed by atoms with Crippen molar-refractivity contribution in [2.45, 2.75) is 0 Å². The molecule has 0 aliphatic carbocycles. The van der Waals surface area contributed by atoms with E-state index >= 15 is 0 Å². The van der Waals surface area contributed by atoms with Crippen LogP contribution in [-0.4, -0.2) is 14.5 Å². The van der Waals surface area contributed by atoms with Crippen LogP contribution < -0.4 is 0 Å². The molecule has 0 spiro atoms. The van der Waals surface area contributed by atoms with Gasteiger partial charge >= 0.3 is 0 Å². The van der Waals surface area contributed by atoms with Gasteiger partial charge in [-0.1, -0.05) is 152 Å². The molecule has 256 valence electrons. The van der Waals surface area contributed by atoms with Crippen LogP contribution in [0.5, 0.6) is 0 Å². The number of benzene rings is 8. The number of rotatable bonds is 4. The maximum Gasteiger partial charge on any atom is 0.235 e. The highest BCUT2D eigenvalue weighted by molar-refractivity contribution is 7.27. The first-order valence-corrected chi connectivity index (χ1v) is 20.1. The molecule has 0 aliphatic rings. The average molecular weight is 736 g/mol. The van der Waals surface area contributed by atoms with E-state index in [9.17, 15) is 0 Å². The molecule has 0 saturated carbocycles.